The summed E-state index contributed by atoms with van der Waals surface area (Å²) in [6.07, 6.45) is 11.8. The van der Waals surface area contributed by atoms with Crippen molar-refractivity contribution in [2.24, 2.45) is 23.2 Å². The maximum Gasteiger partial charge on any atom is 0.228 e. The largest absolute Gasteiger partial charge is 0.342 e. The Morgan fingerprint density at radius 2 is 1.78 bits per heavy atom. The number of piperidine rings is 1. The van der Waals surface area contributed by atoms with Crippen molar-refractivity contribution in [2.45, 2.75) is 71.1 Å². The molecule has 5 fully saturated rings. The normalized spacial score (nSPS) is 33.5. The van der Waals surface area contributed by atoms with Gasteiger partial charge in [0.05, 0.1) is 11.1 Å². The molecule has 0 spiro atoms. The van der Waals surface area contributed by atoms with Crippen LogP contribution in [0.1, 0.15) is 74.4 Å². The number of hydrogen-bond acceptors (Lipinski definition) is 3. The Labute approximate surface area is 191 Å². The van der Waals surface area contributed by atoms with Gasteiger partial charge in [0.15, 0.2) is 0 Å². The van der Waals surface area contributed by atoms with Crippen molar-refractivity contribution in [3.05, 3.63) is 47.5 Å². The molecule has 1 aliphatic heterocycles. The molecule has 0 unspecified atom stereocenters. The molecular weight excluding hydrogens is 394 g/mol. The monoisotopic (exact) mass is 429 g/mol. The van der Waals surface area contributed by atoms with Gasteiger partial charge < -0.3 is 4.90 Å². The predicted molar refractivity (Wildman–Crippen MR) is 126 cm³/mol. The molecule has 4 saturated carbocycles. The van der Waals surface area contributed by atoms with E-state index in [0.717, 1.165) is 80.0 Å². The zero-order valence-corrected chi connectivity index (χ0v) is 19.5. The van der Waals surface area contributed by atoms with E-state index in [0.29, 0.717) is 11.8 Å². The van der Waals surface area contributed by atoms with Crippen molar-refractivity contribution in [3.8, 4) is 11.1 Å². The number of aryl methyl sites for hydroxylation is 2. The number of likely N-dealkylation sites (tertiary alicyclic amines) is 1. The fourth-order valence-electron chi connectivity index (χ4n) is 7.93. The summed E-state index contributed by atoms with van der Waals surface area (Å²) in [6, 6.07) is 8.62. The number of amides is 1. The van der Waals surface area contributed by atoms with Gasteiger partial charge in [0.2, 0.25) is 5.91 Å². The fourth-order valence-corrected chi connectivity index (χ4v) is 7.93. The first-order valence-electron chi connectivity index (χ1n) is 12.7. The first kappa shape index (κ1) is 20.4. The highest BCUT2D eigenvalue weighted by atomic mass is 16.2. The summed E-state index contributed by atoms with van der Waals surface area (Å²) in [6.45, 7) is 5.84. The summed E-state index contributed by atoms with van der Waals surface area (Å²) >= 11 is 0. The highest BCUT2D eigenvalue weighted by molar-refractivity contribution is 5.83. The number of aromatic nitrogens is 2. The third-order valence-electron chi connectivity index (χ3n) is 8.85. The lowest BCUT2D eigenvalue weighted by Crippen LogP contribution is -2.56. The van der Waals surface area contributed by atoms with Gasteiger partial charge in [-0.05, 0) is 88.5 Å². The van der Waals surface area contributed by atoms with Crippen LogP contribution in [-0.2, 0) is 4.79 Å². The Bertz CT molecular complexity index is 1010. The van der Waals surface area contributed by atoms with Gasteiger partial charge in [0.1, 0.15) is 5.82 Å². The van der Waals surface area contributed by atoms with Crippen LogP contribution in [-0.4, -0.2) is 33.9 Å². The molecule has 0 N–H and O–H groups in total. The van der Waals surface area contributed by atoms with Crippen molar-refractivity contribution >= 4 is 5.91 Å². The number of benzene rings is 1. The van der Waals surface area contributed by atoms with Crippen LogP contribution in [0.4, 0.5) is 0 Å². The molecule has 5 aliphatic rings. The lowest BCUT2D eigenvalue weighted by molar-refractivity contribution is -0.158. The Kier molecular flexibility index (Phi) is 4.89. The van der Waals surface area contributed by atoms with Gasteiger partial charge in [-0.1, -0.05) is 29.8 Å². The van der Waals surface area contributed by atoms with Gasteiger partial charge >= 0.3 is 0 Å². The van der Waals surface area contributed by atoms with Crippen molar-refractivity contribution in [1.29, 1.82) is 0 Å². The molecule has 4 aliphatic carbocycles. The quantitative estimate of drug-likeness (QED) is 0.630. The number of rotatable bonds is 3. The Morgan fingerprint density at radius 1 is 1.06 bits per heavy atom. The van der Waals surface area contributed by atoms with Crippen LogP contribution in [0.2, 0.25) is 0 Å². The van der Waals surface area contributed by atoms with Gasteiger partial charge in [0.25, 0.3) is 0 Å². The van der Waals surface area contributed by atoms with E-state index in [1.165, 1.54) is 30.4 Å². The van der Waals surface area contributed by atoms with E-state index in [4.69, 9.17) is 4.98 Å². The van der Waals surface area contributed by atoms with Gasteiger partial charge in [-0.15, -0.1) is 0 Å². The van der Waals surface area contributed by atoms with Crippen LogP contribution >= 0.6 is 0 Å². The van der Waals surface area contributed by atoms with E-state index in [-0.39, 0.29) is 5.41 Å². The molecule has 1 aromatic carbocycles. The molecule has 1 atom stereocenters. The molecule has 168 valence electrons. The maximum atomic E-state index is 14.0. The lowest BCUT2D eigenvalue weighted by atomic mass is 9.49. The van der Waals surface area contributed by atoms with Crippen LogP contribution in [0.5, 0.6) is 0 Å². The minimum Gasteiger partial charge on any atom is -0.342 e. The topological polar surface area (TPSA) is 46.1 Å². The second-order valence-corrected chi connectivity index (χ2v) is 11.4. The summed E-state index contributed by atoms with van der Waals surface area (Å²) in [4.78, 5) is 25.7. The summed E-state index contributed by atoms with van der Waals surface area (Å²) < 4.78 is 0. The minimum atomic E-state index is -0.0440. The predicted octanol–water partition coefficient (Wildman–Crippen LogP) is 5.68. The van der Waals surface area contributed by atoms with Crippen LogP contribution in [0.15, 0.2) is 30.5 Å². The molecule has 2 aromatic rings. The van der Waals surface area contributed by atoms with Crippen LogP contribution in [0.25, 0.3) is 11.1 Å². The Balaban J connectivity index is 1.28. The molecule has 1 aromatic heterocycles. The van der Waals surface area contributed by atoms with Crippen molar-refractivity contribution in [2.75, 3.05) is 13.1 Å². The third-order valence-corrected chi connectivity index (χ3v) is 8.85. The van der Waals surface area contributed by atoms with Crippen LogP contribution < -0.4 is 0 Å². The number of nitrogens with zero attached hydrogens (tertiary/aromatic N) is 3. The third kappa shape index (κ3) is 3.47. The summed E-state index contributed by atoms with van der Waals surface area (Å²) in [5, 5.41) is 0. The highest BCUT2D eigenvalue weighted by Crippen LogP contribution is 2.60. The summed E-state index contributed by atoms with van der Waals surface area (Å²) in [5.41, 5.74) is 4.65. The molecule has 0 radical (unpaired) electrons. The average molecular weight is 430 g/mol. The van der Waals surface area contributed by atoms with E-state index in [1.807, 2.05) is 13.1 Å². The SMILES string of the molecule is Cc1cccc(-c2cnc(C)nc2[C@@H]2CCCN(C(=O)C34CC5CC(CC(C5)C3)C4)C2)c1. The summed E-state index contributed by atoms with van der Waals surface area (Å²) in [7, 11) is 0. The number of hydrogen-bond donors (Lipinski definition) is 0. The molecule has 4 heteroatoms. The molecule has 1 saturated heterocycles. The molecule has 4 nitrogen and oxygen atoms in total. The highest BCUT2D eigenvalue weighted by Gasteiger charge is 2.55. The van der Waals surface area contributed by atoms with Gasteiger partial charge in [-0.3, -0.25) is 4.79 Å². The smallest absolute Gasteiger partial charge is 0.228 e. The van der Waals surface area contributed by atoms with Crippen LogP contribution in [0.3, 0.4) is 0 Å². The molecule has 32 heavy (non-hydrogen) atoms. The zero-order valence-electron chi connectivity index (χ0n) is 19.5. The molecule has 1 amide bonds. The van der Waals surface area contributed by atoms with E-state index in [9.17, 15) is 4.79 Å². The Hall–Kier alpha value is -2.23. The van der Waals surface area contributed by atoms with Gasteiger partial charge in [-0.2, -0.15) is 0 Å². The first-order chi connectivity index (χ1) is 15.5. The fraction of sp³-hybridized carbons (Fsp3) is 0.607. The van der Waals surface area contributed by atoms with Crippen molar-refractivity contribution in [3.63, 3.8) is 0 Å². The standard InChI is InChI=1S/C28H35N3O/c1-18-5-3-6-23(9-18)25-16-29-19(2)30-26(25)24-7-4-8-31(17-24)27(32)28-13-20-10-21(14-28)12-22(11-20)15-28/h3,5-6,9,16,20-22,24H,4,7-8,10-15,17H2,1-2H3/t20?,21?,22?,24-,28?/m1/s1. The van der Waals surface area contributed by atoms with Crippen molar-refractivity contribution < 1.29 is 4.79 Å². The molecule has 4 bridgehead atoms. The Morgan fingerprint density at radius 3 is 2.47 bits per heavy atom. The van der Waals surface area contributed by atoms with Crippen molar-refractivity contribution in [1.82, 2.24) is 14.9 Å². The summed E-state index contributed by atoms with van der Waals surface area (Å²) in [5.74, 6) is 4.01. The molecule has 7 rings (SSSR count). The molecule has 2 heterocycles. The van der Waals surface area contributed by atoms with Crippen LogP contribution in [0, 0.1) is 37.0 Å². The first-order valence-corrected chi connectivity index (χ1v) is 12.7. The average Bonchev–Trinajstić information content (AvgIpc) is 2.78. The number of carbonyl (C=O) groups is 1. The van der Waals surface area contributed by atoms with Gasteiger partial charge in [-0.25, -0.2) is 9.97 Å². The second kappa shape index (κ2) is 7.67. The lowest BCUT2D eigenvalue weighted by Gasteiger charge is -2.57. The van der Waals surface area contributed by atoms with E-state index in [1.54, 1.807) is 0 Å². The van der Waals surface area contributed by atoms with E-state index < -0.39 is 0 Å². The van der Waals surface area contributed by atoms with E-state index >= 15 is 0 Å². The zero-order chi connectivity index (χ0) is 21.9. The maximum absolute atomic E-state index is 14.0. The number of carbonyl (C=O) groups excluding carboxylic acids is 1. The second-order valence-electron chi connectivity index (χ2n) is 11.4. The minimum absolute atomic E-state index is 0.0440. The van der Waals surface area contributed by atoms with E-state index in [2.05, 4.69) is 41.1 Å². The molecular formula is C28H35N3O. The van der Waals surface area contributed by atoms with Gasteiger partial charge in [0, 0.05) is 30.8 Å².